The number of rotatable bonds is 5. The number of anilines is 2. The fourth-order valence-corrected chi connectivity index (χ4v) is 4.29. The van der Waals surface area contributed by atoms with Crippen LogP contribution in [0.4, 0.5) is 37.7 Å². The van der Waals surface area contributed by atoms with Crippen molar-refractivity contribution in [2.75, 3.05) is 16.3 Å². The third kappa shape index (κ3) is 5.76. The van der Waals surface area contributed by atoms with Crippen LogP contribution in [0.2, 0.25) is 0 Å². The van der Waals surface area contributed by atoms with Crippen molar-refractivity contribution in [1.29, 1.82) is 0 Å². The van der Waals surface area contributed by atoms with Gasteiger partial charge in [0.25, 0.3) is 5.91 Å². The van der Waals surface area contributed by atoms with E-state index in [-0.39, 0.29) is 24.7 Å². The van der Waals surface area contributed by atoms with Crippen molar-refractivity contribution in [2.45, 2.75) is 64.6 Å². The number of halogens is 6. The van der Waals surface area contributed by atoms with Gasteiger partial charge in [0.2, 0.25) is 5.91 Å². The number of hydrogen-bond acceptors (Lipinski definition) is 3. The summed E-state index contributed by atoms with van der Waals surface area (Å²) in [7, 11) is 0. The van der Waals surface area contributed by atoms with Crippen molar-refractivity contribution in [3.05, 3.63) is 59.2 Å². The molecule has 0 aromatic heterocycles. The highest BCUT2D eigenvalue weighted by molar-refractivity contribution is 6.04. The minimum absolute atomic E-state index is 0.00293. The van der Waals surface area contributed by atoms with Gasteiger partial charge in [0.15, 0.2) is 0 Å². The Morgan fingerprint density at radius 2 is 1.56 bits per heavy atom. The van der Waals surface area contributed by atoms with Gasteiger partial charge in [-0.25, -0.2) is 0 Å². The minimum atomic E-state index is -5.10. The van der Waals surface area contributed by atoms with Gasteiger partial charge in [0, 0.05) is 18.6 Å². The van der Waals surface area contributed by atoms with Crippen molar-refractivity contribution in [3.8, 4) is 0 Å². The molecule has 2 amide bonds. The fraction of sp³-hybridized carbons (Fsp3) is 0.440. The van der Waals surface area contributed by atoms with Crippen molar-refractivity contribution in [2.24, 2.45) is 0 Å². The van der Waals surface area contributed by atoms with Gasteiger partial charge in [-0.3, -0.25) is 9.59 Å². The Kier molecular flexibility index (Phi) is 7.61. The second-order valence-corrected chi connectivity index (χ2v) is 9.20. The Labute approximate surface area is 205 Å². The second-order valence-electron chi connectivity index (χ2n) is 9.20. The predicted octanol–water partition coefficient (Wildman–Crippen LogP) is 5.42. The van der Waals surface area contributed by atoms with E-state index in [0.29, 0.717) is 17.8 Å². The van der Waals surface area contributed by atoms with Crippen LogP contribution >= 0.6 is 0 Å². The Hall–Kier alpha value is -3.24. The van der Waals surface area contributed by atoms with E-state index in [1.54, 1.807) is 26.0 Å². The minimum Gasteiger partial charge on any atom is -0.365 e. The zero-order valence-corrected chi connectivity index (χ0v) is 20.2. The van der Waals surface area contributed by atoms with Crippen molar-refractivity contribution >= 4 is 23.2 Å². The lowest BCUT2D eigenvalue weighted by molar-refractivity contribution is -0.143. The van der Waals surface area contributed by atoms with Gasteiger partial charge in [-0.15, -0.1) is 0 Å². The number of benzene rings is 2. The highest BCUT2D eigenvalue weighted by atomic mass is 19.4. The molecule has 1 aliphatic rings. The SMILES string of the molecule is CC(C)N1CC(NC(=O)Cc2ccc(C(F)(F)F)cc2C(F)(F)F)C(=O)N(C(C)C)c2ccccc21. The zero-order valence-electron chi connectivity index (χ0n) is 20.2. The molecular weight excluding hydrogens is 488 g/mol. The number of carbonyl (C=O) groups excluding carboxylic acids is 2. The van der Waals surface area contributed by atoms with Crippen molar-refractivity contribution < 1.29 is 35.9 Å². The number of para-hydroxylation sites is 2. The number of amides is 2. The summed E-state index contributed by atoms with van der Waals surface area (Å²) in [5, 5.41) is 2.52. The lowest BCUT2D eigenvalue weighted by Gasteiger charge is -2.31. The van der Waals surface area contributed by atoms with Crippen LogP contribution in [0.25, 0.3) is 0 Å². The Morgan fingerprint density at radius 1 is 0.944 bits per heavy atom. The topological polar surface area (TPSA) is 52.7 Å². The number of nitrogens with one attached hydrogen (secondary N) is 1. The number of nitrogens with zero attached hydrogens (tertiary/aromatic N) is 2. The first-order chi connectivity index (χ1) is 16.6. The smallest absolute Gasteiger partial charge is 0.365 e. The van der Waals surface area contributed by atoms with Gasteiger partial charge in [-0.1, -0.05) is 18.2 Å². The molecule has 0 spiro atoms. The summed E-state index contributed by atoms with van der Waals surface area (Å²) in [5.41, 5.74) is -2.20. The molecule has 2 aromatic carbocycles. The average molecular weight is 515 g/mol. The monoisotopic (exact) mass is 515 g/mol. The summed E-state index contributed by atoms with van der Waals surface area (Å²) in [4.78, 5) is 29.7. The maximum Gasteiger partial charge on any atom is 0.416 e. The summed E-state index contributed by atoms with van der Waals surface area (Å²) in [6.45, 7) is 7.49. The van der Waals surface area contributed by atoms with E-state index in [9.17, 15) is 35.9 Å². The highest BCUT2D eigenvalue weighted by Crippen LogP contribution is 2.38. The van der Waals surface area contributed by atoms with Crippen LogP contribution in [0.3, 0.4) is 0 Å². The van der Waals surface area contributed by atoms with Crippen LogP contribution in [-0.2, 0) is 28.4 Å². The molecule has 36 heavy (non-hydrogen) atoms. The maximum atomic E-state index is 13.5. The van der Waals surface area contributed by atoms with Gasteiger partial charge in [-0.2, -0.15) is 26.3 Å². The number of alkyl halides is 6. The number of fused-ring (bicyclic) bond motifs is 1. The summed E-state index contributed by atoms with van der Waals surface area (Å²) in [5.74, 6) is -1.34. The van der Waals surface area contributed by atoms with Crippen LogP contribution in [0, 0.1) is 0 Å². The van der Waals surface area contributed by atoms with Gasteiger partial charge in [0.1, 0.15) is 6.04 Å². The first-order valence-electron chi connectivity index (χ1n) is 11.4. The molecule has 0 saturated heterocycles. The molecule has 11 heteroatoms. The molecule has 2 aromatic rings. The molecule has 5 nitrogen and oxygen atoms in total. The van der Waals surface area contributed by atoms with Crippen molar-refractivity contribution in [3.63, 3.8) is 0 Å². The molecule has 0 radical (unpaired) electrons. The Morgan fingerprint density at radius 3 is 2.08 bits per heavy atom. The highest BCUT2D eigenvalue weighted by Gasteiger charge is 2.40. The van der Waals surface area contributed by atoms with Crippen LogP contribution in [0.15, 0.2) is 42.5 Å². The standard InChI is InChI=1S/C25H27F6N3O2/c1-14(2)33-13-19(23(36)34(15(3)4)21-8-6-5-7-20(21)33)32-22(35)11-16-9-10-17(24(26,27)28)12-18(16)25(29,30)31/h5-10,12,14-15,19H,11,13H2,1-4H3,(H,32,35). The fourth-order valence-electron chi connectivity index (χ4n) is 4.29. The molecular formula is C25H27F6N3O2. The normalized spacial score (nSPS) is 16.9. The molecule has 0 bridgehead atoms. The molecule has 196 valence electrons. The van der Waals surface area contributed by atoms with Gasteiger partial charge in [-0.05, 0) is 57.5 Å². The molecule has 1 aliphatic heterocycles. The third-order valence-electron chi connectivity index (χ3n) is 5.93. The molecule has 0 saturated carbocycles. The van der Waals surface area contributed by atoms with Crippen LogP contribution in [0.1, 0.15) is 44.4 Å². The van der Waals surface area contributed by atoms with E-state index < -0.39 is 53.3 Å². The molecule has 0 fully saturated rings. The quantitative estimate of drug-likeness (QED) is 0.541. The molecule has 1 N–H and O–H groups in total. The summed E-state index contributed by atoms with van der Waals surface area (Å²) >= 11 is 0. The molecule has 1 unspecified atom stereocenters. The second kappa shape index (κ2) is 10.0. The van der Waals surface area contributed by atoms with E-state index in [1.807, 2.05) is 30.9 Å². The largest absolute Gasteiger partial charge is 0.416 e. The predicted molar refractivity (Wildman–Crippen MR) is 124 cm³/mol. The Bertz CT molecular complexity index is 1130. The average Bonchev–Trinajstić information content (AvgIpc) is 2.87. The first kappa shape index (κ1) is 27.3. The van der Waals surface area contributed by atoms with E-state index in [2.05, 4.69) is 5.32 Å². The molecule has 0 aliphatic carbocycles. The van der Waals surface area contributed by atoms with Gasteiger partial charge in [0.05, 0.1) is 28.9 Å². The lowest BCUT2D eigenvalue weighted by Crippen LogP contribution is -2.54. The van der Waals surface area contributed by atoms with Crippen LogP contribution < -0.4 is 15.1 Å². The number of hydrogen-bond donors (Lipinski definition) is 1. The van der Waals surface area contributed by atoms with E-state index in [0.717, 1.165) is 5.69 Å². The van der Waals surface area contributed by atoms with Crippen molar-refractivity contribution in [1.82, 2.24) is 5.32 Å². The van der Waals surface area contributed by atoms with Gasteiger partial charge < -0.3 is 15.1 Å². The molecule has 1 heterocycles. The first-order valence-corrected chi connectivity index (χ1v) is 11.4. The van der Waals surface area contributed by atoms with E-state index in [4.69, 9.17) is 0 Å². The molecule has 1 atom stereocenters. The maximum absolute atomic E-state index is 13.5. The third-order valence-corrected chi connectivity index (χ3v) is 5.93. The number of carbonyl (C=O) groups is 2. The molecule has 3 rings (SSSR count). The van der Waals surface area contributed by atoms with E-state index in [1.165, 1.54) is 4.90 Å². The summed E-state index contributed by atoms with van der Waals surface area (Å²) in [6.07, 6.45) is -10.9. The van der Waals surface area contributed by atoms with Gasteiger partial charge >= 0.3 is 12.4 Å². The summed E-state index contributed by atoms with van der Waals surface area (Å²) in [6, 6.07) is 6.94. The summed E-state index contributed by atoms with van der Waals surface area (Å²) < 4.78 is 79.4. The van der Waals surface area contributed by atoms with Crippen LogP contribution in [-0.4, -0.2) is 36.5 Å². The zero-order chi connectivity index (χ0) is 27.0. The van der Waals surface area contributed by atoms with E-state index >= 15 is 0 Å². The lowest BCUT2D eigenvalue weighted by atomic mass is 10.00. The van der Waals surface area contributed by atoms with Crippen LogP contribution in [0.5, 0.6) is 0 Å². The Balaban J connectivity index is 1.92.